The van der Waals surface area contributed by atoms with Gasteiger partial charge in [0.25, 0.3) is 0 Å². The first-order chi connectivity index (χ1) is 8.99. The highest BCUT2D eigenvalue weighted by atomic mass is 32.2. The molecule has 1 aromatic rings. The summed E-state index contributed by atoms with van der Waals surface area (Å²) in [5.41, 5.74) is 2.82. The lowest BCUT2D eigenvalue weighted by atomic mass is 9.74. The number of hydrogen-bond acceptors (Lipinski definition) is 3. The van der Waals surface area contributed by atoms with Crippen molar-refractivity contribution in [2.75, 3.05) is 18.6 Å². The van der Waals surface area contributed by atoms with Crippen LogP contribution in [-0.4, -0.2) is 33.0 Å². The molecule has 0 fully saturated rings. The summed E-state index contributed by atoms with van der Waals surface area (Å²) in [5, 5.41) is 3.38. The Kier molecular flexibility index (Phi) is 4.63. The Balaban J connectivity index is 1.97. The number of sulfone groups is 1. The molecule has 0 aliphatic heterocycles. The minimum absolute atomic E-state index is 0.0771. The van der Waals surface area contributed by atoms with Gasteiger partial charge in [0.1, 0.15) is 9.84 Å². The van der Waals surface area contributed by atoms with Gasteiger partial charge in [0.15, 0.2) is 0 Å². The van der Waals surface area contributed by atoms with E-state index in [1.165, 1.54) is 17.4 Å². The fourth-order valence-corrected chi connectivity index (χ4v) is 3.83. The Bertz CT molecular complexity index is 525. The molecular formula is C15H23NO2S. The predicted molar refractivity (Wildman–Crippen MR) is 79.3 cm³/mol. The average molecular weight is 281 g/mol. The molecule has 1 aliphatic rings. The van der Waals surface area contributed by atoms with Gasteiger partial charge in [-0.3, -0.25) is 0 Å². The van der Waals surface area contributed by atoms with E-state index in [0.29, 0.717) is 5.92 Å². The predicted octanol–water partition coefficient (Wildman–Crippen LogP) is 2.13. The van der Waals surface area contributed by atoms with E-state index in [2.05, 4.69) is 36.5 Å². The third-order valence-corrected chi connectivity index (χ3v) is 4.73. The first kappa shape index (κ1) is 14.5. The molecule has 2 atom stereocenters. The number of rotatable bonds is 7. The second-order valence-electron chi connectivity index (χ2n) is 5.58. The molecule has 1 N–H and O–H groups in total. The molecule has 0 aromatic heterocycles. The highest BCUT2D eigenvalue weighted by Crippen LogP contribution is 2.38. The highest BCUT2D eigenvalue weighted by Gasteiger charge is 2.28. The van der Waals surface area contributed by atoms with Crippen LogP contribution < -0.4 is 5.32 Å². The zero-order chi connectivity index (χ0) is 13.9. The number of hydrogen-bond donors (Lipinski definition) is 1. The van der Waals surface area contributed by atoms with E-state index >= 15 is 0 Å². The normalized spacial score (nSPS) is 19.6. The van der Waals surface area contributed by atoms with E-state index in [4.69, 9.17) is 0 Å². The maximum atomic E-state index is 11.5. The van der Waals surface area contributed by atoms with Crippen molar-refractivity contribution in [3.63, 3.8) is 0 Å². The molecular weight excluding hydrogens is 258 g/mol. The van der Waals surface area contributed by atoms with Crippen LogP contribution in [0.1, 0.15) is 36.8 Å². The number of nitrogens with one attached hydrogen (secondary N) is 1. The van der Waals surface area contributed by atoms with Gasteiger partial charge in [-0.1, -0.05) is 31.2 Å². The first-order valence-electron chi connectivity index (χ1n) is 6.98. The minimum atomic E-state index is -2.92. The third-order valence-electron chi connectivity index (χ3n) is 3.72. The van der Waals surface area contributed by atoms with Gasteiger partial charge in [0, 0.05) is 12.3 Å². The maximum absolute atomic E-state index is 11.5. The van der Waals surface area contributed by atoms with Crippen molar-refractivity contribution < 1.29 is 8.42 Å². The van der Waals surface area contributed by atoms with E-state index in [9.17, 15) is 8.42 Å². The largest absolute Gasteiger partial charge is 0.313 e. The Morgan fingerprint density at radius 1 is 1.37 bits per heavy atom. The lowest BCUT2D eigenvalue weighted by molar-refractivity contribution is 0.438. The van der Waals surface area contributed by atoms with Crippen LogP contribution >= 0.6 is 0 Å². The van der Waals surface area contributed by atoms with Crippen LogP contribution in [0.5, 0.6) is 0 Å². The standard InChI is InChI=1S/C15H23NO2S/c1-3-8-16-14(11-19(2,17)18)10-13-9-12-6-4-5-7-15(12)13/h4-7,13-14,16H,3,8-11H2,1-2H3. The summed E-state index contributed by atoms with van der Waals surface area (Å²) < 4.78 is 23.0. The van der Waals surface area contributed by atoms with E-state index in [-0.39, 0.29) is 11.8 Å². The summed E-state index contributed by atoms with van der Waals surface area (Å²) >= 11 is 0. The third kappa shape index (κ3) is 4.05. The van der Waals surface area contributed by atoms with Crippen molar-refractivity contribution >= 4 is 9.84 Å². The fraction of sp³-hybridized carbons (Fsp3) is 0.600. The molecule has 0 spiro atoms. The van der Waals surface area contributed by atoms with Crippen molar-refractivity contribution in [1.29, 1.82) is 0 Å². The molecule has 19 heavy (non-hydrogen) atoms. The Hall–Kier alpha value is -0.870. The molecule has 0 amide bonds. The first-order valence-corrected chi connectivity index (χ1v) is 9.04. The van der Waals surface area contributed by atoms with Crippen molar-refractivity contribution in [2.24, 2.45) is 0 Å². The van der Waals surface area contributed by atoms with E-state index in [0.717, 1.165) is 25.8 Å². The second-order valence-corrected chi connectivity index (χ2v) is 7.76. The minimum Gasteiger partial charge on any atom is -0.313 e. The lowest BCUT2D eigenvalue weighted by Gasteiger charge is -2.33. The second kappa shape index (κ2) is 6.06. The summed E-state index contributed by atoms with van der Waals surface area (Å²) in [6, 6.07) is 8.54. The van der Waals surface area contributed by atoms with Crippen LogP contribution in [0.4, 0.5) is 0 Å². The molecule has 3 nitrogen and oxygen atoms in total. The van der Waals surface area contributed by atoms with Crippen molar-refractivity contribution in [3.8, 4) is 0 Å². The van der Waals surface area contributed by atoms with E-state index < -0.39 is 9.84 Å². The van der Waals surface area contributed by atoms with Crippen molar-refractivity contribution in [1.82, 2.24) is 5.32 Å². The quantitative estimate of drug-likeness (QED) is 0.833. The fourth-order valence-electron chi connectivity index (χ4n) is 2.84. The smallest absolute Gasteiger partial charge is 0.148 e. The zero-order valence-electron chi connectivity index (χ0n) is 11.7. The van der Waals surface area contributed by atoms with Gasteiger partial charge < -0.3 is 5.32 Å². The van der Waals surface area contributed by atoms with Gasteiger partial charge in [-0.05, 0) is 42.9 Å². The SMILES string of the molecule is CCCNC(CC1Cc2ccccc21)CS(C)(=O)=O. The van der Waals surface area contributed by atoms with Gasteiger partial charge in [0.05, 0.1) is 5.75 Å². The van der Waals surface area contributed by atoms with Gasteiger partial charge >= 0.3 is 0 Å². The molecule has 106 valence electrons. The summed E-state index contributed by atoms with van der Waals surface area (Å²) in [4.78, 5) is 0. The van der Waals surface area contributed by atoms with Crippen LogP contribution in [0.2, 0.25) is 0 Å². The molecule has 4 heteroatoms. The summed E-state index contributed by atoms with van der Waals surface area (Å²) in [6.45, 7) is 2.98. The van der Waals surface area contributed by atoms with Crippen LogP contribution in [0, 0.1) is 0 Å². The molecule has 2 rings (SSSR count). The summed E-state index contributed by atoms with van der Waals surface area (Å²) in [7, 11) is -2.92. The molecule has 0 bridgehead atoms. The highest BCUT2D eigenvalue weighted by molar-refractivity contribution is 7.90. The molecule has 0 saturated heterocycles. The van der Waals surface area contributed by atoms with Crippen molar-refractivity contribution in [3.05, 3.63) is 35.4 Å². The van der Waals surface area contributed by atoms with Crippen LogP contribution in [0.25, 0.3) is 0 Å². The molecule has 2 unspecified atom stereocenters. The summed E-state index contributed by atoms with van der Waals surface area (Å²) in [5.74, 6) is 0.762. The van der Waals surface area contributed by atoms with Gasteiger partial charge in [-0.2, -0.15) is 0 Å². The van der Waals surface area contributed by atoms with Gasteiger partial charge in [0.2, 0.25) is 0 Å². The van der Waals surface area contributed by atoms with Crippen LogP contribution in [0.3, 0.4) is 0 Å². The molecule has 0 radical (unpaired) electrons. The number of benzene rings is 1. The Morgan fingerprint density at radius 2 is 2.11 bits per heavy atom. The lowest BCUT2D eigenvalue weighted by Crippen LogP contribution is -2.38. The Labute approximate surface area is 116 Å². The van der Waals surface area contributed by atoms with Crippen LogP contribution in [0.15, 0.2) is 24.3 Å². The van der Waals surface area contributed by atoms with Crippen LogP contribution in [-0.2, 0) is 16.3 Å². The van der Waals surface area contributed by atoms with Gasteiger partial charge in [-0.15, -0.1) is 0 Å². The van der Waals surface area contributed by atoms with Gasteiger partial charge in [-0.25, -0.2) is 8.42 Å². The molecule has 1 aliphatic carbocycles. The topological polar surface area (TPSA) is 46.2 Å². The Morgan fingerprint density at radius 3 is 2.74 bits per heavy atom. The maximum Gasteiger partial charge on any atom is 0.148 e. The zero-order valence-corrected chi connectivity index (χ0v) is 12.5. The molecule has 1 aromatic carbocycles. The van der Waals surface area contributed by atoms with E-state index in [1.54, 1.807) is 0 Å². The van der Waals surface area contributed by atoms with Crippen molar-refractivity contribution in [2.45, 2.75) is 38.1 Å². The summed E-state index contributed by atoms with van der Waals surface area (Å²) in [6.07, 6.45) is 4.36. The monoisotopic (exact) mass is 281 g/mol. The molecule has 0 saturated carbocycles. The van der Waals surface area contributed by atoms with E-state index in [1.807, 2.05) is 0 Å². The number of fused-ring (bicyclic) bond motifs is 1. The molecule has 0 heterocycles. The average Bonchev–Trinajstić information content (AvgIpc) is 2.31.